The summed E-state index contributed by atoms with van der Waals surface area (Å²) in [5.41, 5.74) is 16.5. The summed E-state index contributed by atoms with van der Waals surface area (Å²) >= 11 is 0. The van der Waals surface area contributed by atoms with Crippen LogP contribution in [0.5, 0.6) is 0 Å². The predicted octanol–water partition coefficient (Wildman–Crippen LogP) is 14.4. The summed E-state index contributed by atoms with van der Waals surface area (Å²) in [7, 11) is 0. The van der Waals surface area contributed by atoms with Gasteiger partial charge in [0.2, 0.25) is 0 Å². The monoisotopic (exact) mass is 746 g/mol. The first kappa shape index (κ1) is 32.4. The van der Waals surface area contributed by atoms with E-state index in [9.17, 15) is 0 Å². The predicted molar refractivity (Wildman–Crippen MR) is 245 cm³/mol. The molecular weight excluding hydrogens is 713 g/mol. The quantitative estimate of drug-likeness (QED) is 0.168. The van der Waals surface area contributed by atoms with Gasteiger partial charge in [-0.2, -0.15) is 0 Å². The summed E-state index contributed by atoms with van der Waals surface area (Å²) in [6, 6.07) is 75.7. The SMILES string of the molecule is c1ccc(-c2nc(-c3cccc(-c4ccc5cc6c(cc5c4)C4(c5ccccc5-c5ccccc54)c4c-6c5ccccc5c5ccccc45)c3)nc3ccccc23)cc1. The van der Waals surface area contributed by atoms with Crippen LogP contribution in [0.15, 0.2) is 206 Å². The molecule has 2 aliphatic carbocycles. The molecule has 2 heteroatoms. The van der Waals surface area contributed by atoms with Gasteiger partial charge in [0, 0.05) is 16.5 Å². The summed E-state index contributed by atoms with van der Waals surface area (Å²) in [6.45, 7) is 0. The van der Waals surface area contributed by atoms with Crippen LogP contribution in [-0.2, 0) is 5.41 Å². The molecule has 0 unspecified atom stereocenters. The third-order valence-corrected chi connectivity index (χ3v) is 13.0. The second-order valence-electron chi connectivity index (χ2n) is 16.0. The average molecular weight is 747 g/mol. The first-order valence-corrected chi connectivity index (χ1v) is 20.4. The molecule has 0 atom stereocenters. The van der Waals surface area contributed by atoms with Crippen LogP contribution in [0.4, 0.5) is 0 Å². The summed E-state index contributed by atoms with van der Waals surface area (Å²) in [5, 5.41) is 8.72. The van der Waals surface area contributed by atoms with Gasteiger partial charge in [0.25, 0.3) is 0 Å². The molecule has 1 aromatic heterocycles. The van der Waals surface area contributed by atoms with E-state index in [1.54, 1.807) is 0 Å². The lowest BCUT2D eigenvalue weighted by Crippen LogP contribution is -2.26. The standard InChI is InChI=1S/C57H34N2/c1-2-15-35(16-3-1)55-47-25-10-13-28-52(47)58-56(59-55)39-18-14-17-36(31-39)37-29-30-38-33-48-51(34-40(38)32-37)57(49-26-11-8-21-43(49)44-22-9-12-27-50(44)57)54-46-24-7-5-20-42(46)41-19-4-6-23-45(41)53(48)54/h1-34H. The van der Waals surface area contributed by atoms with Gasteiger partial charge in [-0.25, -0.2) is 9.97 Å². The Morgan fingerprint density at radius 1 is 0.322 bits per heavy atom. The van der Waals surface area contributed by atoms with Gasteiger partial charge in [0.05, 0.1) is 16.6 Å². The molecule has 11 aromatic rings. The Hall–Kier alpha value is -7.68. The van der Waals surface area contributed by atoms with Crippen molar-refractivity contribution in [2.75, 3.05) is 0 Å². The van der Waals surface area contributed by atoms with Gasteiger partial charge in [-0.1, -0.05) is 176 Å². The van der Waals surface area contributed by atoms with Crippen molar-refractivity contribution in [3.8, 4) is 56.0 Å². The zero-order chi connectivity index (χ0) is 38.7. The van der Waals surface area contributed by atoms with Crippen LogP contribution in [0.3, 0.4) is 0 Å². The molecule has 0 aliphatic heterocycles. The van der Waals surface area contributed by atoms with Gasteiger partial charge >= 0.3 is 0 Å². The van der Waals surface area contributed by atoms with Crippen molar-refractivity contribution in [1.29, 1.82) is 0 Å². The average Bonchev–Trinajstić information content (AvgIpc) is 3.78. The smallest absolute Gasteiger partial charge is 0.160 e. The van der Waals surface area contributed by atoms with Crippen LogP contribution < -0.4 is 0 Å². The van der Waals surface area contributed by atoms with E-state index >= 15 is 0 Å². The third kappa shape index (κ3) is 4.46. The summed E-state index contributed by atoms with van der Waals surface area (Å²) in [5.74, 6) is 0.723. The molecule has 2 nitrogen and oxygen atoms in total. The Bertz CT molecular complexity index is 3520. The van der Waals surface area contributed by atoms with Gasteiger partial charge in [-0.15, -0.1) is 0 Å². The minimum Gasteiger partial charge on any atom is -0.228 e. The molecule has 0 saturated heterocycles. The Morgan fingerprint density at radius 2 is 0.915 bits per heavy atom. The highest BCUT2D eigenvalue weighted by atomic mass is 14.9. The lowest BCUT2D eigenvalue weighted by atomic mass is 9.69. The highest BCUT2D eigenvalue weighted by Gasteiger charge is 2.53. The van der Waals surface area contributed by atoms with Crippen molar-refractivity contribution in [3.05, 3.63) is 229 Å². The van der Waals surface area contributed by atoms with E-state index in [2.05, 4.69) is 194 Å². The first-order chi connectivity index (χ1) is 29.3. The van der Waals surface area contributed by atoms with E-state index in [1.807, 2.05) is 12.1 Å². The maximum atomic E-state index is 5.19. The van der Waals surface area contributed by atoms with Gasteiger partial charge in [-0.05, 0) is 118 Å². The van der Waals surface area contributed by atoms with Crippen LogP contribution in [0, 0.1) is 0 Å². The van der Waals surface area contributed by atoms with Crippen molar-refractivity contribution in [2.45, 2.75) is 5.41 Å². The molecule has 0 amide bonds. The molecule has 13 rings (SSSR count). The van der Waals surface area contributed by atoms with Crippen LogP contribution >= 0.6 is 0 Å². The molecule has 1 heterocycles. The Labute approximate surface area is 341 Å². The van der Waals surface area contributed by atoms with Crippen LogP contribution in [0.25, 0.3) is 99.2 Å². The molecular formula is C57H34N2. The maximum absolute atomic E-state index is 5.19. The van der Waals surface area contributed by atoms with E-state index in [0.29, 0.717) is 0 Å². The van der Waals surface area contributed by atoms with Crippen molar-refractivity contribution in [3.63, 3.8) is 0 Å². The van der Waals surface area contributed by atoms with Crippen LogP contribution in [-0.4, -0.2) is 9.97 Å². The van der Waals surface area contributed by atoms with Gasteiger partial charge in [0.15, 0.2) is 5.82 Å². The summed E-state index contributed by atoms with van der Waals surface area (Å²) in [6.07, 6.45) is 0. The Balaban J connectivity index is 1.05. The number of benzene rings is 10. The number of fused-ring (bicyclic) bond motifs is 17. The van der Waals surface area contributed by atoms with Gasteiger partial charge in [0.1, 0.15) is 0 Å². The van der Waals surface area contributed by atoms with E-state index in [1.165, 1.54) is 76.8 Å². The van der Waals surface area contributed by atoms with Crippen LogP contribution in [0.1, 0.15) is 22.3 Å². The molecule has 2 aliphatic rings. The van der Waals surface area contributed by atoms with E-state index in [4.69, 9.17) is 9.97 Å². The molecule has 0 bridgehead atoms. The lowest BCUT2D eigenvalue weighted by Gasteiger charge is -2.32. The third-order valence-electron chi connectivity index (χ3n) is 13.0. The first-order valence-electron chi connectivity index (χ1n) is 20.4. The number of hydrogen-bond donors (Lipinski definition) is 0. The molecule has 0 fully saturated rings. The lowest BCUT2D eigenvalue weighted by molar-refractivity contribution is 0.803. The highest BCUT2D eigenvalue weighted by molar-refractivity contribution is 6.20. The fourth-order valence-corrected chi connectivity index (χ4v) is 10.6. The second-order valence-corrected chi connectivity index (χ2v) is 16.0. The number of nitrogens with zero attached hydrogens (tertiary/aromatic N) is 2. The van der Waals surface area contributed by atoms with Crippen molar-refractivity contribution in [1.82, 2.24) is 9.97 Å². The highest BCUT2D eigenvalue weighted by Crippen LogP contribution is 2.65. The molecule has 1 spiro atoms. The Kier molecular flexibility index (Phi) is 6.68. The zero-order valence-corrected chi connectivity index (χ0v) is 32.0. The van der Waals surface area contributed by atoms with Crippen LogP contribution in [0.2, 0.25) is 0 Å². The maximum Gasteiger partial charge on any atom is 0.160 e. The largest absolute Gasteiger partial charge is 0.228 e. The Morgan fingerprint density at radius 3 is 1.69 bits per heavy atom. The summed E-state index contributed by atoms with van der Waals surface area (Å²) in [4.78, 5) is 10.3. The van der Waals surface area contributed by atoms with Gasteiger partial charge in [-0.3, -0.25) is 0 Å². The summed E-state index contributed by atoms with van der Waals surface area (Å²) < 4.78 is 0. The van der Waals surface area contributed by atoms with Gasteiger partial charge < -0.3 is 0 Å². The van der Waals surface area contributed by atoms with E-state index < -0.39 is 5.41 Å². The van der Waals surface area contributed by atoms with E-state index in [0.717, 1.165) is 44.7 Å². The number of para-hydroxylation sites is 1. The molecule has 0 N–H and O–H groups in total. The number of rotatable bonds is 3. The minimum atomic E-state index is -0.477. The second kappa shape index (κ2) is 12.2. The number of hydrogen-bond acceptors (Lipinski definition) is 2. The van der Waals surface area contributed by atoms with Crippen molar-refractivity contribution < 1.29 is 0 Å². The number of aromatic nitrogens is 2. The zero-order valence-electron chi connectivity index (χ0n) is 32.0. The fourth-order valence-electron chi connectivity index (χ4n) is 10.6. The van der Waals surface area contributed by atoms with Crippen molar-refractivity contribution >= 4 is 43.2 Å². The van der Waals surface area contributed by atoms with E-state index in [-0.39, 0.29) is 0 Å². The molecule has 272 valence electrons. The minimum absolute atomic E-state index is 0.477. The molecule has 0 saturated carbocycles. The molecule has 0 radical (unpaired) electrons. The molecule has 10 aromatic carbocycles. The topological polar surface area (TPSA) is 25.8 Å². The fraction of sp³-hybridized carbons (Fsp3) is 0.0175. The van der Waals surface area contributed by atoms with Crippen molar-refractivity contribution in [2.24, 2.45) is 0 Å². The normalized spacial score (nSPS) is 13.2. The molecule has 59 heavy (non-hydrogen) atoms.